The first-order valence-corrected chi connectivity index (χ1v) is 9.23. The number of amides is 1. The quantitative estimate of drug-likeness (QED) is 0.890. The van der Waals surface area contributed by atoms with Gasteiger partial charge in [-0.2, -0.15) is 0 Å². The van der Waals surface area contributed by atoms with Crippen LogP contribution in [0.4, 0.5) is 0 Å². The van der Waals surface area contributed by atoms with Gasteiger partial charge in [0, 0.05) is 43.5 Å². The van der Waals surface area contributed by atoms with E-state index in [1.54, 1.807) is 11.3 Å². The van der Waals surface area contributed by atoms with E-state index in [9.17, 15) is 9.90 Å². The Morgan fingerprint density at radius 2 is 2.23 bits per heavy atom. The first kappa shape index (κ1) is 16.0. The van der Waals surface area contributed by atoms with Gasteiger partial charge in [0.15, 0.2) is 0 Å². The Hall–Kier alpha value is -0.910. The SMILES string of the molecule is O=C(CCc1cccs1)N1CCC2(CCNCC2CO)CC1. The van der Waals surface area contributed by atoms with Crippen LogP contribution in [0.5, 0.6) is 0 Å². The summed E-state index contributed by atoms with van der Waals surface area (Å²) < 4.78 is 0. The van der Waals surface area contributed by atoms with E-state index in [0.29, 0.717) is 12.3 Å². The van der Waals surface area contributed by atoms with Crippen molar-refractivity contribution in [2.24, 2.45) is 11.3 Å². The average molecular weight is 322 g/mol. The Bertz CT molecular complexity index is 481. The normalized spacial score (nSPS) is 24.6. The molecule has 3 heterocycles. The van der Waals surface area contributed by atoms with E-state index in [1.807, 2.05) is 11.0 Å². The zero-order valence-corrected chi connectivity index (χ0v) is 13.9. The van der Waals surface area contributed by atoms with Gasteiger partial charge in [0.1, 0.15) is 0 Å². The van der Waals surface area contributed by atoms with E-state index in [2.05, 4.69) is 16.8 Å². The number of nitrogens with one attached hydrogen (secondary N) is 1. The molecule has 0 radical (unpaired) electrons. The highest BCUT2D eigenvalue weighted by Gasteiger charge is 2.43. The number of thiophene rings is 1. The van der Waals surface area contributed by atoms with E-state index in [0.717, 1.165) is 51.9 Å². The summed E-state index contributed by atoms with van der Waals surface area (Å²) in [6.45, 7) is 3.95. The van der Waals surface area contributed by atoms with Gasteiger partial charge in [-0.25, -0.2) is 0 Å². The molecule has 4 nitrogen and oxygen atoms in total. The molecule has 1 aromatic heterocycles. The number of hydrogen-bond donors (Lipinski definition) is 2. The van der Waals surface area contributed by atoms with Gasteiger partial charge in [-0.15, -0.1) is 11.3 Å². The van der Waals surface area contributed by atoms with Crippen LogP contribution in [0.2, 0.25) is 0 Å². The van der Waals surface area contributed by atoms with Crippen LogP contribution in [0, 0.1) is 11.3 Å². The molecule has 2 aliphatic rings. The van der Waals surface area contributed by atoms with Gasteiger partial charge in [-0.05, 0) is 49.1 Å². The lowest BCUT2D eigenvalue weighted by molar-refractivity contribution is -0.134. The van der Waals surface area contributed by atoms with Crippen LogP contribution in [0.25, 0.3) is 0 Å². The summed E-state index contributed by atoms with van der Waals surface area (Å²) in [5, 5.41) is 15.1. The minimum absolute atomic E-state index is 0.254. The predicted octanol–water partition coefficient (Wildman–Crippen LogP) is 1.89. The third-order valence-electron chi connectivity index (χ3n) is 5.55. The highest BCUT2D eigenvalue weighted by Crippen LogP contribution is 2.43. The standard InChI is InChI=1S/C17H26N2O2S/c20-13-14-12-18-8-5-17(14)6-9-19(10-7-17)16(21)4-3-15-2-1-11-22-15/h1-2,11,14,18,20H,3-10,12-13H2. The largest absolute Gasteiger partial charge is 0.396 e. The molecule has 2 N–H and O–H groups in total. The summed E-state index contributed by atoms with van der Waals surface area (Å²) in [6, 6.07) is 4.14. The fourth-order valence-electron chi connectivity index (χ4n) is 4.00. The summed E-state index contributed by atoms with van der Waals surface area (Å²) in [7, 11) is 0. The van der Waals surface area contributed by atoms with Crippen molar-refractivity contribution in [3.05, 3.63) is 22.4 Å². The zero-order chi connectivity index (χ0) is 15.4. The Labute approximate surface area is 136 Å². The molecule has 1 aromatic rings. The molecule has 1 amide bonds. The van der Waals surface area contributed by atoms with Gasteiger partial charge in [-0.1, -0.05) is 6.07 Å². The van der Waals surface area contributed by atoms with Crippen LogP contribution in [0.1, 0.15) is 30.6 Å². The number of carbonyl (C=O) groups excluding carboxylic acids is 1. The van der Waals surface area contributed by atoms with Gasteiger partial charge in [0.25, 0.3) is 0 Å². The second-order valence-corrected chi connectivity index (χ2v) is 7.69. The maximum Gasteiger partial charge on any atom is 0.222 e. The van der Waals surface area contributed by atoms with E-state index >= 15 is 0 Å². The molecule has 0 aliphatic carbocycles. The minimum Gasteiger partial charge on any atom is -0.396 e. The maximum absolute atomic E-state index is 12.4. The Balaban J connectivity index is 1.51. The van der Waals surface area contributed by atoms with Crippen molar-refractivity contribution in [2.75, 3.05) is 32.8 Å². The molecule has 1 spiro atoms. The smallest absolute Gasteiger partial charge is 0.222 e. The molecule has 22 heavy (non-hydrogen) atoms. The van der Waals surface area contributed by atoms with Crippen LogP contribution in [-0.4, -0.2) is 48.7 Å². The fourth-order valence-corrected chi connectivity index (χ4v) is 4.70. The number of piperidine rings is 2. The van der Waals surface area contributed by atoms with Gasteiger partial charge in [-0.3, -0.25) is 4.79 Å². The van der Waals surface area contributed by atoms with E-state index in [1.165, 1.54) is 4.88 Å². The van der Waals surface area contributed by atoms with Crippen LogP contribution in [0.15, 0.2) is 17.5 Å². The Kier molecular flexibility index (Phi) is 5.16. The first-order chi connectivity index (χ1) is 10.7. The molecule has 0 aromatic carbocycles. The number of aliphatic hydroxyl groups is 1. The van der Waals surface area contributed by atoms with Gasteiger partial charge >= 0.3 is 0 Å². The van der Waals surface area contributed by atoms with Gasteiger partial charge in [0.2, 0.25) is 5.91 Å². The third-order valence-corrected chi connectivity index (χ3v) is 6.49. The molecule has 122 valence electrons. The van der Waals surface area contributed by atoms with Crippen molar-refractivity contribution in [1.82, 2.24) is 10.2 Å². The van der Waals surface area contributed by atoms with Crippen LogP contribution in [-0.2, 0) is 11.2 Å². The summed E-state index contributed by atoms with van der Waals surface area (Å²) in [5.74, 6) is 0.641. The van der Waals surface area contributed by atoms with Crippen molar-refractivity contribution < 1.29 is 9.90 Å². The molecule has 2 fully saturated rings. The Morgan fingerprint density at radius 3 is 2.91 bits per heavy atom. The Morgan fingerprint density at radius 1 is 1.41 bits per heavy atom. The summed E-state index contributed by atoms with van der Waals surface area (Å²) in [5.41, 5.74) is 0.254. The van der Waals surface area contributed by atoms with Crippen molar-refractivity contribution >= 4 is 17.2 Å². The molecular weight excluding hydrogens is 296 g/mol. The average Bonchev–Trinajstić information content (AvgIpc) is 3.07. The molecule has 2 aliphatic heterocycles. The molecule has 1 atom stereocenters. The van der Waals surface area contributed by atoms with Gasteiger partial charge < -0.3 is 15.3 Å². The second kappa shape index (κ2) is 7.11. The van der Waals surface area contributed by atoms with Crippen molar-refractivity contribution in [1.29, 1.82) is 0 Å². The first-order valence-electron chi connectivity index (χ1n) is 8.35. The molecule has 3 rings (SSSR count). The number of hydrogen-bond acceptors (Lipinski definition) is 4. The van der Waals surface area contributed by atoms with Crippen molar-refractivity contribution in [2.45, 2.75) is 32.1 Å². The summed E-state index contributed by atoms with van der Waals surface area (Å²) >= 11 is 1.73. The molecular formula is C17H26N2O2S. The van der Waals surface area contributed by atoms with Crippen LogP contribution in [0.3, 0.4) is 0 Å². The highest BCUT2D eigenvalue weighted by molar-refractivity contribution is 7.09. The van der Waals surface area contributed by atoms with E-state index < -0.39 is 0 Å². The number of aliphatic hydroxyl groups excluding tert-OH is 1. The van der Waals surface area contributed by atoms with Gasteiger partial charge in [0.05, 0.1) is 0 Å². The lowest BCUT2D eigenvalue weighted by atomic mass is 9.65. The summed E-state index contributed by atoms with van der Waals surface area (Å²) in [4.78, 5) is 15.7. The number of carbonyl (C=O) groups is 1. The fraction of sp³-hybridized carbons (Fsp3) is 0.706. The predicted molar refractivity (Wildman–Crippen MR) is 88.9 cm³/mol. The maximum atomic E-state index is 12.4. The minimum atomic E-state index is 0.254. The number of rotatable bonds is 4. The molecule has 2 saturated heterocycles. The molecule has 1 unspecified atom stereocenters. The zero-order valence-electron chi connectivity index (χ0n) is 13.1. The van der Waals surface area contributed by atoms with Crippen LogP contribution < -0.4 is 5.32 Å². The number of nitrogens with zero attached hydrogens (tertiary/aromatic N) is 1. The van der Waals surface area contributed by atoms with Crippen LogP contribution >= 0.6 is 11.3 Å². The van der Waals surface area contributed by atoms with Crippen molar-refractivity contribution in [3.8, 4) is 0 Å². The lowest BCUT2D eigenvalue weighted by Gasteiger charge is -2.49. The van der Waals surface area contributed by atoms with E-state index in [-0.39, 0.29) is 17.9 Å². The molecule has 0 saturated carbocycles. The summed E-state index contributed by atoms with van der Waals surface area (Å²) in [6.07, 6.45) is 4.71. The van der Waals surface area contributed by atoms with Crippen molar-refractivity contribution in [3.63, 3.8) is 0 Å². The second-order valence-electron chi connectivity index (χ2n) is 6.66. The monoisotopic (exact) mass is 322 g/mol. The number of likely N-dealkylation sites (tertiary alicyclic amines) is 1. The van der Waals surface area contributed by atoms with E-state index in [4.69, 9.17) is 0 Å². The molecule has 0 bridgehead atoms. The molecule has 5 heteroatoms. The topological polar surface area (TPSA) is 52.6 Å². The highest BCUT2D eigenvalue weighted by atomic mass is 32.1. The third kappa shape index (κ3) is 3.36. The number of aryl methyl sites for hydroxylation is 1. The lowest BCUT2D eigenvalue weighted by Crippen LogP contribution is -2.53.